The largest absolute Gasteiger partial charge is 0.448 e. The van der Waals surface area contributed by atoms with Gasteiger partial charge in [0.05, 0.1) is 5.02 Å². The number of fused-ring (bicyclic) bond motifs is 1. The van der Waals surface area contributed by atoms with Crippen LogP contribution in [0.3, 0.4) is 0 Å². The van der Waals surface area contributed by atoms with E-state index in [0.717, 1.165) is 42.3 Å². The third-order valence-electron chi connectivity index (χ3n) is 9.67. The molecule has 1 amide bonds. The first-order valence-electron chi connectivity index (χ1n) is 14.9. The second-order valence-electron chi connectivity index (χ2n) is 12.3. The number of carbonyl (C=O) groups is 1. The molecule has 10 heteroatoms. The number of ether oxygens (including phenoxy) is 2. The van der Waals surface area contributed by atoms with Crippen LogP contribution < -0.4 is 20.3 Å². The molecule has 4 heterocycles. The fraction of sp³-hybridized carbons (Fsp3) is 0.613. The van der Waals surface area contributed by atoms with Crippen LogP contribution in [-0.4, -0.2) is 71.0 Å². The summed E-state index contributed by atoms with van der Waals surface area (Å²) in [5, 5.41) is 3.27. The molecule has 222 valence electrons. The number of aromatic amines is 1. The van der Waals surface area contributed by atoms with E-state index >= 15 is 0 Å². The number of amides is 1. The number of carbonyl (C=O) groups excluding carboxylic acids is 1. The zero-order chi connectivity index (χ0) is 28.9. The Morgan fingerprint density at radius 3 is 2.44 bits per heavy atom. The average molecular weight is 601 g/mol. The van der Waals surface area contributed by atoms with Gasteiger partial charge in [-0.05, 0) is 83.9 Å². The van der Waals surface area contributed by atoms with E-state index in [4.69, 9.17) is 21.1 Å². The maximum atomic E-state index is 13.3. The van der Waals surface area contributed by atoms with Crippen LogP contribution in [0.15, 0.2) is 21.8 Å². The number of hydrogen-bond acceptors (Lipinski definition) is 7. The summed E-state index contributed by atoms with van der Waals surface area (Å²) in [6, 6.07) is 4.96. The standard InChI is InChI=1S/C31H41ClN4O4S/c1-18-13-26(41-4)24(30(38)34-18)15-33-29(37)23-14-25(32)28-27(19(23)2)39-31(3,40-28)20-7-9-21(10-8-20)36-16-22(17-36)35-11-5-6-12-35/h13-14,20-22H,5-12,15-17H2,1-4H3,(H,33,37)(H,34,38)/t20-,21+,31-/m0/s1. The summed E-state index contributed by atoms with van der Waals surface area (Å²) in [6.45, 7) is 10.8. The number of aryl methyl sites for hydroxylation is 1. The molecule has 4 aliphatic rings. The second kappa shape index (κ2) is 11.5. The van der Waals surface area contributed by atoms with Crippen LogP contribution in [0.2, 0.25) is 5.02 Å². The van der Waals surface area contributed by atoms with Crippen molar-refractivity contribution < 1.29 is 14.3 Å². The Kier molecular flexibility index (Phi) is 8.09. The second-order valence-corrected chi connectivity index (χ2v) is 13.5. The Morgan fingerprint density at radius 1 is 1.07 bits per heavy atom. The molecular weight excluding hydrogens is 560 g/mol. The lowest BCUT2D eigenvalue weighted by Gasteiger charge is -2.50. The topological polar surface area (TPSA) is 86.9 Å². The summed E-state index contributed by atoms with van der Waals surface area (Å²) >= 11 is 8.15. The van der Waals surface area contributed by atoms with Gasteiger partial charge in [0.15, 0.2) is 11.5 Å². The minimum atomic E-state index is -0.813. The maximum absolute atomic E-state index is 13.3. The van der Waals surface area contributed by atoms with Gasteiger partial charge in [0.1, 0.15) is 0 Å². The Bertz CT molecular complexity index is 1380. The zero-order valence-electron chi connectivity index (χ0n) is 24.5. The van der Waals surface area contributed by atoms with Crippen molar-refractivity contribution in [1.29, 1.82) is 0 Å². The number of nitrogens with zero attached hydrogens (tertiary/aromatic N) is 2. The number of pyridine rings is 1. The molecule has 1 atom stereocenters. The molecule has 2 N–H and O–H groups in total. The molecule has 1 saturated carbocycles. The Balaban J connectivity index is 1.09. The molecule has 0 bridgehead atoms. The summed E-state index contributed by atoms with van der Waals surface area (Å²) in [5.41, 5.74) is 2.24. The number of nitrogens with one attached hydrogen (secondary N) is 2. The van der Waals surface area contributed by atoms with Crippen LogP contribution in [0.4, 0.5) is 0 Å². The summed E-state index contributed by atoms with van der Waals surface area (Å²) < 4.78 is 13.0. The number of benzene rings is 1. The van der Waals surface area contributed by atoms with E-state index in [2.05, 4.69) is 20.1 Å². The van der Waals surface area contributed by atoms with E-state index in [-0.39, 0.29) is 23.9 Å². The van der Waals surface area contributed by atoms with E-state index in [1.807, 2.05) is 33.1 Å². The third kappa shape index (κ3) is 5.51. The molecule has 6 rings (SSSR count). The van der Waals surface area contributed by atoms with Gasteiger partial charge < -0.3 is 19.8 Å². The number of rotatable bonds is 7. The SMILES string of the molecule is CSc1cc(C)[nH]c(=O)c1CNC(=O)c1cc(Cl)c2c(c1C)O[C@](C)([C@H]1CC[C@@H](N3CC(N4CCCC4)C3)CC1)O2. The molecular formula is C31H41ClN4O4S. The summed E-state index contributed by atoms with van der Waals surface area (Å²) in [7, 11) is 0. The van der Waals surface area contributed by atoms with Gasteiger partial charge in [0.25, 0.3) is 17.3 Å². The van der Waals surface area contributed by atoms with Gasteiger partial charge >= 0.3 is 0 Å². The highest BCUT2D eigenvalue weighted by molar-refractivity contribution is 7.98. The monoisotopic (exact) mass is 600 g/mol. The van der Waals surface area contributed by atoms with Crippen LogP contribution in [-0.2, 0) is 6.54 Å². The highest BCUT2D eigenvalue weighted by Gasteiger charge is 2.48. The fourth-order valence-corrected chi connectivity index (χ4v) is 8.08. The predicted octanol–water partition coefficient (Wildman–Crippen LogP) is 5.12. The predicted molar refractivity (Wildman–Crippen MR) is 163 cm³/mol. The van der Waals surface area contributed by atoms with Crippen molar-refractivity contribution in [2.75, 3.05) is 32.4 Å². The molecule has 0 radical (unpaired) electrons. The molecule has 41 heavy (non-hydrogen) atoms. The van der Waals surface area contributed by atoms with Crippen LogP contribution >= 0.6 is 23.4 Å². The highest BCUT2D eigenvalue weighted by Crippen LogP contribution is 2.52. The number of halogens is 1. The van der Waals surface area contributed by atoms with Crippen LogP contribution in [0.1, 0.15) is 72.6 Å². The molecule has 1 aliphatic carbocycles. The molecule has 3 fully saturated rings. The number of hydrogen-bond donors (Lipinski definition) is 2. The van der Waals surface area contributed by atoms with Crippen molar-refractivity contribution in [2.24, 2.45) is 5.92 Å². The van der Waals surface area contributed by atoms with Crippen molar-refractivity contribution in [2.45, 2.75) is 88.6 Å². The van der Waals surface area contributed by atoms with Gasteiger partial charge in [-0.15, -0.1) is 11.8 Å². The zero-order valence-corrected chi connectivity index (χ0v) is 26.1. The molecule has 1 aromatic heterocycles. The summed E-state index contributed by atoms with van der Waals surface area (Å²) in [6.07, 6.45) is 8.98. The summed E-state index contributed by atoms with van der Waals surface area (Å²) in [5.74, 6) is 0.181. The molecule has 1 aromatic carbocycles. The van der Waals surface area contributed by atoms with Crippen LogP contribution in [0.25, 0.3) is 0 Å². The third-order valence-corrected chi connectivity index (χ3v) is 10.8. The van der Waals surface area contributed by atoms with Crippen molar-refractivity contribution in [1.82, 2.24) is 20.1 Å². The average Bonchev–Trinajstić information content (AvgIpc) is 3.58. The minimum absolute atomic E-state index is 0.118. The van der Waals surface area contributed by atoms with Crippen molar-refractivity contribution in [3.8, 4) is 11.5 Å². The normalized spacial score (nSPS) is 26.8. The van der Waals surface area contributed by atoms with Crippen molar-refractivity contribution >= 4 is 29.3 Å². The maximum Gasteiger partial charge on any atom is 0.254 e. The molecule has 2 aromatic rings. The van der Waals surface area contributed by atoms with Gasteiger partial charge in [-0.1, -0.05) is 11.6 Å². The Morgan fingerprint density at radius 2 is 1.76 bits per heavy atom. The molecule has 2 saturated heterocycles. The van der Waals surface area contributed by atoms with E-state index in [0.29, 0.717) is 39.3 Å². The lowest BCUT2D eigenvalue weighted by Crippen LogP contribution is -2.62. The first-order valence-corrected chi connectivity index (χ1v) is 16.5. The van der Waals surface area contributed by atoms with Gasteiger partial charge in [0, 0.05) is 71.8 Å². The fourth-order valence-electron chi connectivity index (χ4n) is 7.14. The number of aromatic nitrogens is 1. The van der Waals surface area contributed by atoms with Crippen molar-refractivity contribution in [3.05, 3.63) is 49.9 Å². The van der Waals surface area contributed by atoms with Crippen molar-refractivity contribution in [3.63, 3.8) is 0 Å². The summed E-state index contributed by atoms with van der Waals surface area (Å²) in [4.78, 5) is 34.8. The van der Waals surface area contributed by atoms with Crippen LogP contribution in [0.5, 0.6) is 11.5 Å². The van der Waals surface area contributed by atoms with Crippen LogP contribution in [0, 0.1) is 19.8 Å². The smallest absolute Gasteiger partial charge is 0.254 e. The number of H-pyrrole nitrogens is 1. The molecule has 8 nitrogen and oxygen atoms in total. The van der Waals surface area contributed by atoms with E-state index in [1.165, 1.54) is 50.8 Å². The number of likely N-dealkylation sites (tertiary alicyclic amines) is 2. The first kappa shape index (κ1) is 28.9. The van der Waals surface area contributed by atoms with E-state index in [1.54, 1.807) is 6.07 Å². The number of thioether (sulfide) groups is 1. The van der Waals surface area contributed by atoms with Gasteiger partial charge in [-0.25, -0.2) is 0 Å². The van der Waals surface area contributed by atoms with E-state index < -0.39 is 5.79 Å². The minimum Gasteiger partial charge on any atom is -0.448 e. The Hall–Kier alpha value is -2.20. The quantitative estimate of drug-likeness (QED) is 0.427. The highest BCUT2D eigenvalue weighted by atomic mass is 35.5. The van der Waals surface area contributed by atoms with E-state index in [9.17, 15) is 9.59 Å². The Labute approximate surface area is 251 Å². The van der Waals surface area contributed by atoms with Gasteiger partial charge in [0.2, 0.25) is 0 Å². The van der Waals surface area contributed by atoms with Gasteiger partial charge in [-0.3, -0.25) is 19.4 Å². The lowest BCUT2D eigenvalue weighted by molar-refractivity contribution is -0.127. The molecule has 0 spiro atoms. The first-order chi connectivity index (χ1) is 19.7. The lowest BCUT2D eigenvalue weighted by atomic mass is 9.80. The molecule has 3 aliphatic heterocycles. The molecule has 0 unspecified atom stereocenters. The van der Waals surface area contributed by atoms with Gasteiger partial charge in [-0.2, -0.15) is 0 Å².